The highest BCUT2D eigenvalue weighted by Crippen LogP contribution is 2.65. The second kappa shape index (κ2) is 5.57. The SMILES string of the molecule is [2H]C([2H])(CC)n1c(=O)n(C([2H])([2H])C([2H])([2H])C([2H])([2H])[2H])c(=O)c2[nH]c(C34C([2H])([2H])C5([2H])C([2H])([2H])C([2H])(C([2H])([2H])C3([2H])C5([2H])[2H])C4([2H])[2H])nc21. The Labute approximate surface area is 183 Å². The lowest BCUT2D eigenvalue weighted by Crippen LogP contribution is -2.40. The first-order valence-electron chi connectivity index (χ1n) is 18.8. The Morgan fingerprint density at radius 1 is 1.31 bits per heavy atom. The molecule has 4 aliphatic carbocycles. The lowest BCUT2D eigenvalue weighted by atomic mass is 9.75. The number of H-pyrrole nitrogens is 1. The van der Waals surface area contributed by atoms with Gasteiger partial charge in [-0.25, -0.2) is 9.78 Å². The molecule has 4 bridgehead atoms. The maximum Gasteiger partial charge on any atom is 0.332 e. The fraction of sp³-hybridized carbons (Fsp3) is 0.750. The van der Waals surface area contributed by atoms with Crippen LogP contribution in [0.5, 0.6) is 0 Å². The van der Waals surface area contributed by atoms with Crippen molar-refractivity contribution in [2.24, 2.45) is 17.7 Å². The fourth-order valence-corrected chi connectivity index (χ4v) is 3.25. The van der Waals surface area contributed by atoms with Gasteiger partial charge in [-0.2, -0.15) is 0 Å². The van der Waals surface area contributed by atoms with E-state index < -0.39 is 120 Å². The highest BCUT2D eigenvalue weighted by atomic mass is 16.2. The summed E-state index contributed by atoms with van der Waals surface area (Å²) in [5, 5.41) is 0. The molecule has 1 N–H and O–H groups in total. The third kappa shape index (κ3) is 2.01. The molecule has 0 saturated heterocycles. The van der Waals surface area contributed by atoms with Gasteiger partial charge in [-0.05, 0) is 62.3 Å². The first kappa shape index (κ1) is 5.15. The van der Waals surface area contributed by atoms with E-state index in [0.717, 1.165) is 6.92 Å². The maximum absolute atomic E-state index is 13.9. The van der Waals surface area contributed by atoms with Gasteiger partial charge in [-0.15, -0.1) is 0 Å². The lowest BCUT2D eigenvalue weighted by molar-refractivity contribution is 0.262. The summed E-state index contributed by atoms with van der Waals surface area (Å²) in [6.07, 6.45) is -24.9. The highest BCUT2D eigenvalue weighted by Gasteiger charge is 2.59. The number of nitrogens with one attached hydrogen (secondary N) is 1. The molecule has 26 heavy (non-hydrogen) atoms. The number of aryl methyl sites for hydroxylation is 1. The van der Waals surface area contributed by atoms with Crippen LogP contribution in [0, 0.1) is 17.7 Å². The van der Waals surface area contributed by atoms with Crippen molar-refractivity contribution in [1.82, 2.24) is 19.1 Å². The molecule has 2 aromatic rings. The summed E-state index contributed by atoms with van der Waals surface area (Å²) in [6.45, 7) is -9.84. The molecule has 4 saturated carbocycles. The van der Waals surface area contributed by atoms with Crippen molar-refractivity contribution >= 4 is 11.2 Å². The molecule has 2 aromatic heterocycles. The van der Waals surface area contributed by atoms with Gasteiger partial charge in [-0.3, -0.25) is 13.9 Å². The standard InChI is InChI=1S/C20H28N4O2/c1-3-5-23-16-15(17(25)24(6-4-2)19(23)26)21-18(22-16)20-10-12-7-13(11-20)9-14(20)8-12/h12-14H,3-11H2,1-2H3,(H,21,22)/i2D3,4D2,5D2,6D2,7D2,8D2,9D2,10D2,11D2,12D,13D,14D. The highest BCUT2D eigenvalue weighted by molar-refractivity contribution is 5.70. The zero-order valence-electron chi connectivity index (χ0n) is 35.4. The minimum absolute atomic E-state index is 0.0648. The van der Waals surface area contributed by atoms with E-state index in [4.69, 9.17) is 28.8 Å². The first-order chi connectivity index (χ1) is 21.0. The molecule has 0 amide bonds. The Bertz CT molecular complexity index is 1840. The van der Waals surface area contributed by atoms with Crippen molar-refractivity contribution in [2.75, 3.05) is 0 Å². The number of imidazole rings is 1. The molecule has 140 valence electrons. The van der Waals surface area contributed by atoms with Crippen LogP contribution in [0.4, 0.5) is 0 Å². The molecular weight excluding hydrogens is 328 g/mol. The summed E-state index contributed by atoms with van der Waals surface area (Å²) in [4.78, 5) is 33.5. The lowest BCUT2D eigenvalue weighted by Gasteiger charge is -2.30. The number of nitrogens with zero attached hydrogens (tertiary/aromatic N) is 3. The molecule has 6 rings (SSSR count). The minimum Gasteiger partial charge on any atom is -0.336 e. The molecule has 0 aromatic carbocycles. The van der Waals surface area contributed by atoms with Gasteiger partial charge in [0.05, 0.1) is 2.74 Å². The number of rotatable bonds is 5. The van der Waals surface area contributed by atoms with Crippen LogP contribution < -0.4 is 11.2 Å². The van der Waals surface area contributed by atoms with E-state index in [1.165, 1.54) is 0 Å². The van der Waals surface area contributed by atoms with Crippen LogP contribution in [0.3, 0.4) is 0 Å². The molecule has 2 heterocycles. The summed E-state index contributed by atoms with van der Waals surface area (Å²) in [7, 11) is 0. The Kier molecular flexibility index (Phi) is 1.10. The zero-order chi connectivity index (χ0) is 37.7. The van der Waals surface area contributed by atoms with Gasteiger partial charge in [0.1, 0.15) is 11.3 Å². The number of hydrogen-bond donors (Lipinski definition) is 1. The predicted molar refractivity (Wildman–Crippen MR) is 100 cm³/mol. The second-order valence-electron chi connectivity index (χ2n) is 5.79. The van der Waals surface area contributed by atoms with Gasteiger partial charge in [0.15, 0.2) is 5.65 Å². The van der Waals surface area contributed by atoms with E-state index in [-0.39, 0.29) is 4.57 Å². The average Bonchev–Trinajstić information content (AvgIpc) is 3.38. The van der Waals surface area contributed by atoms with Crippen molar-refractivity contribution in [1.29, 1.82) is 0 Å². The number of aromatic nitrogens is 4. The van der Waals surface area contributed by atoms with Crippen LogP contribution in [0.1, 0.15) is 94.4 Å². The van der Waals surface area contributed by atoms with Gasteiger partial charge in [0, 0.05) is 45.8 Å². The average molecular weight is 379 g/mol. The molecule has 0 spiro atoms. The van der Waals surface area contributed by atoms with E-state index in [2.05, 4.69) is 4.98 Å². The Morgan fingerprint density at radius 2 is 2.08 bits per heavy atom. The molecule has 2 unspecified atom stereocenters. The van der Waals surface area contributed by atoms with Crippen molar-refractivity contribution < 1.29 is 30.2 Å². The van der Waals surface area contributed by atoms with Crippen LogP contribution in [0.2, 0.25) is 0 Å². The summed E-state index contributed by atoms with van der Waals surface area (Å²) in [5.41, 5.74) is -10.3. The van der Waals surface area contributed by atoms with E-state index in [0.29, 0.717) is 0 Å². The first-order valence-corrected chi connectivity index (χ1v) is 7.76. The third-order valence-corrected chi connectivity index (χ3v) is 4.29. The van der Waals surface area contributed by atoms with Gasteiger partial charge < -0.3 is 4.98 Å². The van der Waals surface area contributed by atoms with Crippen molar-refractivity contribution in [3.63, 3.8) is 0 Å². The minimum atomic E-state index is -4.11. The Balaban J connectivity index is 2.07. The molecular formula is C20H28N4O2. The predicted octanol–water partition coefficient (Wildman–Crippen LogP) is 2.78. The van der Waals surface area contributed by atoms with E-state index in [1.807, 2.05) is 4.98 Å². The Morgan fingerprint density at radius 3 is 2.77 bits per heavy atom. The quantitative estimate of drug-likeness (QED) is 0.869. The number of fused-ring (bicyclic) bond motifs is 1. The van der Waals surface area contributed by atoms with Gasteiger partial charge in [0.25, 0.3) is 5.56 Å². The van der Waals surface area contributed by atoms with Crippen LogP contribution >= 0.6 is 0 Å². The normalized spacial score (nSPS) is 65.0. The van der Waals surface area contributed by atoms with Crippen LogP contribution in [-0.2, 0) is 18.4 Å². The molecule has 0 aliphatic heterocycles. The van der Waals surface area contributed by atoms with E-state index >= 15 is 0 Å². The summed E-state index contributed by atoms with van der Waals surface area (Å²) in [6, 6.07) is 0. The van der Waals surface area contributed by atoms with Crippen molar-refractivity contribution in [3.8, 4) is 0 Å². The van der Waals surface area contributed by atoms with Gasteiger partial charge >= 0.3 is 5.69 Å². The fourth-order valence-electron chi connectivity index (χ4n) is 3.25. The van der Waals surface area contributed by atoms with Gasteiger partial charge in [-0.1, -0.05) is 13.8 Å². The second-order valence-corrected chi connectivity index (χ2v) is 5.79. The van der Waals surface area contributed by atoms with Crippen molar-refractivity contribution in [3.05, 3.63) is 26.7 Å². The van der Waals surface area contributed by atoms with Crippen LogP contribution in [0.15, 0.2) is 9.59 Å². The van der Waals surface area contributed by atoms with Gasteiger partial charge in [0.2, 0.25) is 0 Å². The molecule has 6 nitrogen and oxygen atoms in total. The zero-order valence-corrected chi connectivity index (χ0v) is 13.4. The number of aromatic amines is 1. The maximum atomic E-state index is 13.9. The van der Waals surface area contributed by atoms with Crippen molar-refractivity contribution in [2.45, 2.75) is 76.8 Å². The topological polar surface area (TPSA) is 72.7 Å². The summed E-state index contributed by atoms with van der Waals surface area (Å²) in [5.74, 6) is -13.3. The molecule has 4 fully saturated rings. The smallest absolute Gasteiger partial charge is 0.332 e. The molecule has 4 aliphatic rings. The monoisotopic (exact) mass is 378 g/mol. The van der Waals surface area contributed by atoms with E-state index in [1.54, 1.807) is 0 Å². The van der Waals surface area contributed by atoms with Crippen LogP contribution in [0.25, 0.3) is 11.2 Å². The largest absolute Gasteiger partial charge is 0.336 e. The molecule has 6 heteroatoms. The summed E-state index contributed by atoms with van der Waals surface area (Å²) < 4.78 is 186. The third-order valence-electron chi connectivity index (χ3n) is 4.29. The summed E-state index contributed by atoms with van der Waals surface area (Å²) >= 11 is 0. The molecule has 2 atom stereocenters. The van der Waals surface area contributed by atoms with E-state index in [9.17, 15) is 11.0 Å². The Hall–Kier alpha value is -1.85. The molecule has 0 radical (unpaired) electrons. The van der Waals surface area contributed by atoms with Crippen LogP contribution in [-0.4, -0.2) is 19.1 Å². The number of hydrogen-bond acceptors (Lipinski definition) is 3.